The lowest BCUT2D eigenvalue weighted by molar-refractivity contribution is 0.0995. The van der Waals surface area contributed by atoms with E-state index in [4.69, 9.17) is 4.42 Å². The van der Waals surface area contributed by atoms with Gasteiger partial charge in [-0.15, -0.1) is 0 Å². The van der Waals surface area contributed by atoms with Crippen LogP contribution in [-0.4, -0.2) is 20.2 Å². The Morgan fingerprint density at radius 2 is 1.31 bits per heavy atom. The van der Waals surface area contributed by atoms with Gasteiger partial charge in [0, 0.05) is 22.6 Å². The molecule has 3 aromatic carbocycles. The molecule has 0 saturated heterocycles. The number of rotatable bonds is 7. The van der Waals surface area contributed by atoms with Crippen LogP contribution in [0.3, 0.4) is 0 Å². The molecule has 1 aromatic heterocycles. The van der Waals surface area contributed by atoms with Gasteiger partial charge < -0.3 is 15.1 Å². The highest BCUT2D eigenvalue weighted by Crippen LogP contribution is 2.21. The molecule has 0 saturated carbocycles. The lowest BCUT2D eigenvalue weighted by Gasteiger charge is -2.10. The van der Waals surface area contributed by atoms with Gasteiger partial charge >= 0.3 is 0 Å². The quantitative estimate of drug-likeness (QED) is 0.337. The lowest BCUT2D eigenvalue weighted by Crippen LogP contribution is -2.14. The Kier molecular flexibility index (Phi) is 6.60. The Balaban J connectivity index is 1.37. The summed E-state index contributed by atoms with van der Waals surface area (Å²) in [6.45, 7) is 0. The van der Waals surface area contributed by atoms with E-state index in [1.807, 2.05) is 0 Å². The summed E-state index contributed by atoms with van der Waals surface area (Å²) in [5, 5.41) is 5.31. The summed E-state index contributed by atoms with van der Waals surface area (Å²) in [5.41, 5.74) is 1.34. The summed E-state index contributed by atoms with van der Waals surface area (Å²) in [6.07, 6.45) is 1.39. The Bertz CT molecular complexity index is 1470. The number of anilines is 3. The molecule has 178 valence electrons. The monoisotopic (exact) mass is 497 g/mol. The molecule has 0 aliphatic heterocycles. The van der Waals surface area contributed by atoms with Crippen LogP contribution in [0.25, 0.3) is 0 Å². The van der Waals surface area contributed by atoms with Crippen LogP contribution in [0.4, 0.5) is 25.8 Å². The first-order valence-corrected chi connectivity index (χ1v) is 11.5. The van der Waals surface area contributed by atoms with Gasteiger partial charge in [0.05, 0.1) is 11.2 Å². The van der Waals surface area contributed by atoms with Gasteiger partial charge in [0.1, 0.15) is 0 Å². The van der Waals surface area contributed by atoms with Crippen LogP contribution < -0.4 is 15.4 Å². The number of hydrogen-bond donors (Lipinski definition) is 3. The van der Waals surface area contributed by atoms with Crippen molar-refractivity contribution in [3.8, 4) is 0 Å². The Morgan fingerprint density at radius 3 is 1.91 bits per heavy atom. The molecule has 35 heavy (non-hydrogen) atoms. The van der Waals surface area contributed by atoms with Gasteiger partial charge in [-0.3, -0.25) is 14.3 Å². The standard InChI is InChI=1S/C24H17F2N3O5S/c25-20-12-11-19(14-21(20)26)35(32,33)29-18-9-7-17(8-10-18)27-23(30)15-3-5-16(6-4-15)28-24(31)22-2-1-13-34-22/h1-14,29H,(H,27,30)(H,28,31). The van der Waals surface area contributed by atoms with Crippen LogP contribution in [0.2, 0.25) is 0 Å². The molecule has 8 nitrogen and oxygen atoms in total. The summed E-state index contributed by atoms with van der Waals surface area (Å²) in [5.74, 6) is -3.13. The molecule has 2 amide bonds. The van der Waals surface area contributed by atoms with Crippen molar-refractivity contribution in [1.29, 1.82) is 0 Å². The van der Waals surface area contributed by atoms with E-state index in [1.54, 1.807) is 18.2 Å². The van der Waals surface area contributed by atoms with Gasteiger partial charge in [0.25, 0.3) is 21.8 Å². The van der Waals surface area contributed by atoms with E-state index in [0.717, 1.165) is 12.1 Å². The zero-order valence-corrected chi connectivity index (χ0v) is 18.6. The maximum atomic E-state index is 13.4. The van der Waals surface area contributed by atoms with Gasteiger partial charge in [-0.2, -0.15) is 0 Å². The molecule has 0 unspecified atom stereocenters. The maximum absolute atomic E-state index is 13.4. The van der Waals surface area contributed by atoms with Crippen molar-refractivity contribution in [3.05, 3.63) is 108 Å². The highest BCUT2D eigenvalue weighted by molar-refractivity contribution is 7.92. The second kappa shape index (κ2) is 9.77. The molecule has 1 heterocycles. The van der Waals surface area contributed by atoms with Crippen molar-refractivity contribution in [2.24, 2.45) is 0 Å². The molecule has 0 atom stereocenters. The molecule has 4 aromatic rings. The van der Waals surface area contributed by atoms with Crippen molar-refractivity contribution in [1.82, 2.24) is 0 Å². The van der Waals surface area contributed by atoms with Crippen LogP contribution in [0.5, 0.6) is 0 Å². The lowest BCUT2D eigenvalue weighted by atomic mass is 10.2. The number of carbonyl (C=O) groups excluding carboxylic acids is 2. The fourth-order valence-corrected chi connectivity index (χ4v) is 4.06. The maximum Gasteiger partial charge on any atom is 0.291 e. The predicted octanol–water partition coefficient (Wildman–Crippen LogP) is 4.86. The molecular weight excluding hydrogens is 480 g/mol. The van der Waals surface area contributed by atoms with E-state index < -0.39 is 38.4 Å². The summed E-state index contributed by atoms with van der Waals surface area (Å²) in [6, 6.07) is 17.3. The molecule has 0 spiro atoms. The SMILES string of the molecule is O=C(Nc1ccc(NS(=O)(=O)c2ccc(F)c(F)c2)cc1)c1ccc(NC(=O)c2ccco2)cc1. The Labute approximate surface area is 198 Å². The van der Waals surface area contributed by atoms with Crippen LogP contribution in [0.15, 0.2) is 94.4 Å². The van der Waals surface area contributed by atoms with Crippen LogP contribution in [0.1, 0.15) is 20.9 Å². The van der Waals surface area contributed by atoms with Gasteiger partial charge in [0.15, 0.2) is 17.4 Å². The van der Waals surface area contributed by atoms with Crippen molar-refractivity contribution >= 4 is 38.9 Å². The van der Waals surface area contributed by atoms with Crippen LogP contribution in [0, 0.1) is 11.6 Å². The summed E-state index contributed by atoms with van der Waals surface area (Å²) in [7, 11) is -4.14. The fraction of sp³-hybridized carbons (Fsp3) is 0. The number of hydrogen-bond acceptors (Lipinski definition) is 5. The third kappa shape index (κ3) is 5.71. The number of carbonyl (C=O) groups is 2. The zero-order chi connectivity index (χ0) is 25.0. The highest BCUT2D eigenvalue weighted by atomic mass is 32.2. The van der Waals surface area contributed by atoms with Gasteiger partial charge in [-0.25, -0.2) is 17.2 Å². The topological polar surface area (TPSA) is 118 Å². The van der Waals surface area contributed by atoms with E-state index in [0.29, 0.717) is 23.0 Å². The predicted molar refractivity (Wildman–Crippen MR) is 125 cm³/mol. The number of sulfonamides is 1. The second-order valence-corrected chi connectivity index (χ2v) is 8.90. The van der Waals surface area contributed by atoms with Gasteiger partial charge in [0.2, 0.25) is 0 Å². The fourth-order valence-electron chi connectivity index (χ4n) is 2.99. The number of nitrogens with one attached hydrogen (secondary N) is 3. The largest absolute Gasteiger partial charge is 0.459 e. The third-order valence-corrected chi connectivity index (χ3v) is 6.13. The first kappa shape index (κ1) is 23.6. The summed E-state index contributed by atoms with van der Waals surface area (Å²) >= 11 is 0. The minimum atomic E-state index is -4.14. The number of halogens is 2. The first-order valence-electron chi connectivity index (χ1n) is 10.1. The van der Waals surface area contributed by atoms with E-state index in [2.05, 4.69) is 15.4 Å². The third-order valence-electron chi connectivity index (χ3n) is 4.75. The average Bonchev–Trinajstić information content (AvgIpc) is 3.37. The summed E-state index contributed by atoms with van der Waals surface area (Å²) < 4.78 is 58.5. The van der Waals surface area contributed by atoms with E-state index in [9.17, 15) is 26.8 Å². The minimum absolute atomic E-state index is 0.155. The molecule has 3 N–H and O–H groups in total. The Morgan fingerprint density at radius 1 is 0.714 bits per heavy atom. The number of furan rings is 1. The van der Waals surface area contributed by atoms with Crippen molar-refractivity contribution in [2.45, 2.75) is 4.90 Å². The van der Waals surface area contributed by atoms with E-state index in [-0.39, 0.29) is 11.4 Å². The highest BCUT2D eigenvalue weighted by Gasteiger charge is 2.17. The van der Waals surface area contributed by atoms with Crippen LogP contribution in [-0.2, 0) is 10.0 Å². The zero-order valence-electron chi connectivity index (χ0n) is 17.8. The van der Waals surface area contributed by atoms with Crippen molar-refractivity contribution < 1.29 is 31.2 Å². The van der Waals surface area contributed by atoms with E-state index >= 15 is 0 Å². The average molecular weight is 497 g/mol. The second-order valence-electron chi connectivity index (χ2n) is 7.22. The van der Waals surface area contributed by atoms with E-state index in [1.165, 1.54) is 48.7 Å². The van der Waals surface area contributed by atoms with Crippen molar-refractivity contribution in [2.75, 3.05) is 15.4 Å². The smallest absolute Gasteiger partial charge is 0.291 e. The van der Waals surface area contributed by atoms with Crippen molar-refractivity contribution in [3.63, 3.8) is 0 Å². The molecule has 4 rings (SSSR count). The molecule has 11 heteroatoms. The molecule has 0 aliphatic carbocycles. The number of amides is 2. The molecule has 0 fully saturated rings. The molecule has 0 bridgehead atoms. The normalized spacial score (nSPS) is 11.0. The molecule has 0 radical (unpaired) electrons. The Hall–Kier alpha value is -4.51. The van der Waals surface area contributed by atoms with Gasteiger partial charge in [-0.05, 0) is 78.9 Å². The molecule has 0 aliphatic rings. The van der Waals surface area contributed by atoms with Crippen LogP contribution >= 0.6 is 0 Å². The van der Waals surface area contributed by atoms with Gasteiger partial charge in [-0.1, -0.05) is 0 Å². The minimum Gasteiger partial charge on any atom is -0.459 e. The summed E-state index contributed by atoms with van der Waals surface area (Å²) in [4.78, 5) is 24.1. The molecular formula is C24H17F2N3O5S. The first-order chi connectivity index (χ1) is 16.7. The number of benzene rings is 3.